The summed E-state index contributed by atoms with van der Waals surface area (Å²) in [7, 11) is 0. The van der Waals surface area contributed by atoms with Gasteiger partial charge in [0.2, 0.25) is 0 Å². The Bertz CT molecular complexity index is 411. The summed E-state index contributed by atoms with van der Waals surface area (Å²) >= 11 is 0. The zero-order valence-electron chi connectivity index (χ0n) is 20.6. The van der Waals surface area contributed by atoms with Crippen molar-refractivity contribution in [1.29, 1.82) is 0 Å². The predicted molar refractivity (Wildman–Crippen MR) is 130 cm³/mol. The molecule has 0 aliphatic rings. The monoisotopic (exact) mass is 437 g/mol. The third-order valence-corrected chi connectivity index (χ3v) is 6.21. The minimum absolute atomic E-state index is 0. The molecule has 0 aromatic heterocycles. The molecule has 0 radical (unpaired) electrons. The maximum absolute atomic E-state index is 7.08. The van der Waals surface area contributed by atoms with Gasteiger partial charge in [-0.15, -0.1) is 0 Å². The Hall–Kier alpha value is 0.0243. The average molecular weight is 438 g/mol. The van der Waals surface area contributed by atoms with E-state index >= 15 is 0 Å². The van der Waals surface area contributed by atoms with Crippen molar-refractivity contribution < 1.29 is 21.7 Å². The largest absolute Gasteiger partial charge is 2.00 e. The van der Waals surface area contributed by atoms with Gasteiger partial charge in [0.05, 0.1) is 0 Å². The van der Waals surface area contributed by atoms with E-state index < -0.39 is 0 Å². The number of unbranched alkanes of at least 4 members (excludes halogenated alkanes) is 15. The molecule has 0 atom stereocenters. The number of hydrogen-bond acceptors (Lipinski definition) is 0. The van der Waals surface area contributed by atoms with E-state index in [0.29, 0.717) is 6.54 Å². The van der Waals surface area contributed by atoms with Gasteiger partial charge in [-0.1, -0.05) is 137 Å². The molecule has 0 bridgehead atoms. The van der Waals surface area contributed by atoms with Gasteiger partial charge in [-0.2, -0.15) is 34.9 Å². The summed E-state index contributed by atoms with van der Waals surface area (Å²) in [6.45, 7) is 11.6. The van der Waals surface area contributed by atoms with Crippen LogP contribution < -0.4 is 0 Å². The van der Waals surface area contributed by atoms with Crippen molar-refractivity contribution in [1.82, 2.24) is 0 Å². The first-order chi connectivity index (χ1) is 13.5. The molecule has 1 aromatic rings. The molecule has 2 heteroatoms. The van der Waals surface area contributed by atoms with Crippen molar-refractivity contribution in [3.05, 3.63) is 34.1 Å². The maximum atomic E-state index is 7.08. The molecule has 1 rings (SSSR count). The second-order valence-corrected chi connectivity index (χ2v) is 8.81. The van der Waals surface area contributed by atoms with E-state index in [0.717, 1.165) is 6.42 Å². The summed E-state index contributed by atoms with van der Waals surface area (Å²) in [6, 6.07) is 2.24. The molecule has 1 aromatic carbocycles. The Morgan fingerprint density at radius 2 is 1.00 bits per heavy atom. The molecule has 0 fully saturated rings. The molecule has 0 aliphatic carbocycles. The normalized spacial score (nSPS) is 10.4. The quantitative estimate of drug-likeness (QED) is 0.140. The van der Waals surface area contributed by atoms with Gasteiger partial charge < -0.3 is 5.73 Å². The van der Waals surface area contributed by atoms with Gasteiger partial charge >= 0.3 is 21.7 Å². The van der Waals surface area contributed by atoms with Gasteiger partial charge in [-0.25, -0.2) is 0 Å². The molecule has 1 N–H and O–H groups in total. The van der Waals surface area contributed by atoms with Crippen molar-refractivity contribution in [2.45, 2.75) is 137 Å². The van der Waals surface area contributed by atoms with Crippen molar-refractivity contribution in [3.63, 3.8) is 0 Å². The van der Waals surface area contributed by atoms with Crippen LogP contribution in [0.15, 0.2) is 6.07 Å². The Balaban J connectivity index is 0. The van der Waals surface area contributed by atoms with Crippen LogP contribution in [-0.2, 0) is 21.7 Å². The molecule has 29 heavy (non-hydrogen) atoms. The fourth-order valence-electron chi connectivity index (χ4n) is 3.81. The van der Waals surface area contributed by atoms with Crippen LogP contribution in [0.5, 0.6) is 0 Å². The number of hydrogen-bond donors (Lipinski definition) is 0. The SMILES string of the molecule is CCCCCCCCCCCCCCCCCC[NH-].Cc1c[c-](C)c(C)c1C.[Ti+2]. The predicted octanol–water partition coefficient (Wildman–Crippen LogP) is 9.94. The minimum atomic E-state index is 0. The first-order valence-electron chi connectivity index (χ1n) is 12.4. The molecular weight excluding hydrogens is 386 g/mol. The van der Waals surface area contributed by atoms with Crippen LogP contribution in [0.25, 0.3) is 5.73 Å². The molecule has 0 heterocycles. The molecular formula is C27H51NTi. The van der Waals surface area contributed by atoms with Crippen LogP contribution in [-0.4, -0.2) is 6.54 Å². The number of nitrogens with one attached hydrogen (secondary N) is 1. The van der Waals surface area contributed by atoms with Crippen molar-refractivity contribution in [2.75, 3.05) is 6.54 Å². The summed E-state index contributed by atoms with van der Waals surface area (Å²) in [5.74, 6) is 0. The second kappa shape index (κ2) is 22.7. The van der Waals surface area contributed by atoms with Gasteiger partial charge in [0.25, 0.3) is 0 Å². The molecule has 0 amide bonds. The van der Waals surface area contributed by atoms with Gasteiger partial charge in [-0.05, 0) is 0 Å². The molecule has 0 unspecified atom stereocenters. The van der Waals surface area contributed by atoms with Crippen LogP contribution in [0.3, 0.4) is 0 Å². The topological polar surface area (TPSA) is 23.8 Å². The third kappa shape index (κ3) is 18.5. The van der Waals surface area contributed by atoms with Crippen molar-refractivity contribution >= 4 is 0 Å². The average Bonchev–Trinajstić information content (AvgIpc) is 2.91. The molecule has 0 saturated heterocycles. The molecule has 168 valence electrons. The maximum Gasteiger partial charge on any atom is 2.00 e. The van der Waals surface area contributed by atoms with Crippen molar-refractivity contribution in [2.24, 2.45) is 0 Å². The molecule has 0 aliphatic heterocycles. The fraction of sp³-hybridized carbons (Fsp3) is 0.815. The number of aryl methyl sites for hydroxylation is 2. The van der Waals surface area contributed by atoms with Gasteiger partial charge in [0.15, 0.2) is 0 Å². The fourth-order valence-corrected chi connectivity index (χ4v) is 3.81. The number of rotatable bonds is 16. The van der Waals surface area contributed by atoms with E-state index in [4.69, 9.17) is 5.73 Å². The molecule has 1 nitrogen and oxygen atoms in total. The van der Waals surface area contributed by atoms with E-state index in [9.17, 15) is 0 Å². The van der Waals surface area contributed by atoms with Crippen LogP contribution in [0.4, 0.5) is 0 Å². The van der Waals surface area contributed by atoms with E-state index in [-0.39, 0.29) is 21.7 Å². The second-order valence-electron chi connectivity index (χ2n) is 8.81. The van der Waals surface area contributed by atoms with E-state index in [1.165, 1.54) is 119 Å². The zero-order chi connectivity index (χ0) is 21.0. The van der Waals surface area contributed by atoms with Crippen LogP contribution in [0.2, 0.25) is 0 Å². The zero-order valence-corrected chi connectivity index (χ0v) is 22.2. The molecule has 0 spiro atoms. The Morgan fingerprint density at radius 1 is 0.655 bits per heavy atom. The summed E-state index contributed by atoms with van der Waals surface area (Å²) in [5, 5.41) is 0. The Labute approximate surface area is 199 Å². The minimum Gasteiger partial charge on any atom is -0.677 e. The van der Waals surface area contributed by atoms with Crippen molar-refractivity contribution in [3.8, 4) is 0 Å². The van der Waals surface area contributed by atoms with E-state index in [1.54, 1.807) is 0 Å². The van der Waals surface area contributed by atoms with Crippen LogP contribution >= 0.6 is 0 Å². The summed E-state index contributed by atoms with van der Waals surface area (Å²) in [4.78, 5) is 0. The Kier molecular flexibility index (Phi) is 24.4. The van der Waals surface area contributed by atoms with Gasteiger partial charge in [-0.3, -0.25) is 0 Å². The van der Waals surface area contributed by atoms with E-state index in [2.05, 4.69) is 40.7 Å². The Morgan fingerprint density at radius 3 is 1.21 bits per heavy atom. The molecule has 0 saturated carbocycles. The smallest absolute Gasteiger partial charge is 0.677 e. The van der Waals surface area contributed by atoms with Gasteiger partial charge in [0, 0.05) is 0 Å². The van der Waals surface area contributed by atoms with Gasteiger partial charge in [0.1, 0.15) is 0 Å². The first kappa shape index (κ1) is 31.2. The summed E-state index contributed by atoms with van der Waals surface area (Å²) in [5.41, 5.74) is 12.8. The first-order valence-corrected chi connectivity index (χ1v) is 12.4. The third-order valence-electron chi connectivity index (χ3n) is 6.21. The summed E-state index contributed by atoms with van der Waals surface area (Å²) in [6.07, 6.45) is 22.5. The summed E-state index contributed by atoms with van der Waals surface area (Å²) < 4.78 is 0. The van der Waals surface area contributed by atoms with E-state index in [1.807, 2.05) is 0 Å². The standard InChI is InChI=1S/C18H38N.C9H13.Ti/c1-2-3-4-5-6-7-8-9-10-11-12-13-14-15-16-17-18-19;1-6-5-7(2)9(4)8(6)3;/h19H,2-18H2,1H3;5H,1-4H3;/q2*-1;+2. The van der Waals surface area contributed by atoms with Crippen LogP contribution in [0.1, 0.15) is 132 Å². The van der Waals surface area contributed by atoms with Crippen LogP contribution in [0, 0.1) is 27.7 Å².